The molecule has 0 spiro atoms. The fourth-order valence-electron chi connectivity index (χ4n) is 2.13. The number of hydrogen-bond donors (Lipinski definition) is 0. The third-order valence-electron chi connectivity index (χ3n) is 3.27. The van der Waals surface area contributed by atoms with Gasteiger partial charge >= 0.3 is 0 Å². The molecule has 94 valence electrons. The maximum Gasteiger partial charge on any atom is 0.111 e. The van der Waals surface area contributed by atoms with Gasteiger partial charge in [0.25, 0.3) is 0 Å². The van der Waals surface area contributed by atoms with Gasteiger partial charge in [-0.1, -0.05) is 30.3 Å². The molecule has 3 rings (SSSR count). The summed E-state index contributed by atoms with van der Waals surface area (Å²) in [6, 6.07) is 10.9. The van der Waals surface area contributed by atoms with Crippen LogP contribution in [0, 0.1) is 0 Å². The highest BCUT2D eigenvalue weighted by Crippen LogP contribution is 2.32. The van der Waals surface area contributed by atoms with Crippen LogP contribution in [0.15, 0.2) is 35.7 Å². The van der Waals surface area contributed by atoms with E-state index in [1.54, 1.807) is 11.3 Å². The lowest BCUT2D eigenvalue weighted by atomic mass is 10.2. The zero-order valence-electron chi connectivity index (χ0n) is 10.4. The third kappa shape index (κ3) is 2.46. The van der Waals surface area contributed by atoms with Crippen molar-refractivity contribution >= 4 is 23.1 Å². The Kier molecular flexibility index (Phi) is 3.68. The Hall–Kier alpha value is -0.840. The molecule has 2 heterocycles. The van der Waals surface area contributed by atoms with Gasteiger partial charge in [0.2, 0.25) is 0 Å². The van der Waals surface area contributed by atoms with Gasteiger partial charge in [-0.05, 0) is 7.05 Å². The molecule has 0 N–H and O–H groups in total. The summed E-state index contributed by atoms with van der Waals surface area (Å²) in [5.74, 6) is 2.40. The largest absolute Gasteiger partial charge is 0.296 e. The third-order valence-corrected chi connectivity index (χ3v) is 5.24. The smallest absolute Gasteiger partial charge is 0.111 e. The molecule has 1 atom stereocenters. The first-order valence-electron chi connectivity index (χ1n) is 6.13. The monoisotopic (exact) mass is 276 g/mol. The quantitative estimate of drug-likeness (QED) is 0.835. The van der Waals surface area contributed by atoms with Crippen LogP contribution in [-0.4, -0.2) is 35.0 Å². The number of hydrogen-bond acceptors (Lipinski definition) is 4. The van der Waals surface area contributed by atoms with Crippen molar-refractivity contribution in [3.8, 4) is 11.3 Å². The van der Waals surface area contributed by atoms with E-state index in [4.69, 9.17) is 4.98 Å². The molecule has 0 aliphatic carbocycles. The fourth-order valence-corrected chi connectivity index (χ4v) is 4.45. The van der Waals surface area contributed by atoms with Gasteiger partial charge in [0, 0.05) is 29.0 Å². The number of thioether (sulfide) groups is 1. The van der Waals surface area contributed by atoms with E-state index in [2.05, 4.69) is 41.6 Å². The van der Waals surface area contributed by atoms with Crippen molar-refractivity contribution < 1.29 is 0 Å². The number of thiazole rings is 1. The highest BCUT2D eigenvalue weighted by molar-refractivity contribution is 7.99. The Bertz CT molecular complexity index is 510. The Morgan fingerprint density at radius 2 is 2.11 bits per heavy atom. The number of rotatable bonds is 2. The SMILES string of the molecule is CN1CCSCC1c1nc(-c2ccccc2)cs1. The summed E-state index contributed by atoms with van der Waals surface area (Å²) in [6.07, 6.45) is 0. The van der Waals surface area contributed by atoms with Crippen molar-refractivity contribution in [2.24, 2.45) is 0 Å². The molecule has 0 amide bonds. The van der Waals surface area contributed by atoms with Gasteiger partial charge in [-0.15, -0.1) is 11.3 Å². The average Bonchev–Trinajstić information content (AvgIpc) is 2.90. The second-order valence-corrected chi connectivity index (χ2v) is 6.55. The van der Waals surface area contributed by atoms with Gasteiger partial charge in [-0.2, -0.15) is 11.8 Å². The molecule has 1 aromatic heterocycles. The minimum absolute atomic E-state index is 0.492. The molecule has 4 heteroatoms. The summed E-state index contributed by atoms with van der Waals surface area (Å²) < 4.78 is 0. The normalized spacial score (nSPS) is 21.1. The van der Waals surface area contributed by atoms with E-state index in [1.807, 2.05) is 17.8 Å². The number of benzene rings is 1. The van der Waals surface area contributed by atoms with Crippen molar-refractivity contribution in [1.82, 2.24) is 9.88 Å². The summed E-state index contributed by atoms with van der Waals surface area (Å²) in [4.78, 5) is 7.24. The predicted molar refractivity (Wildman–Crippen MR) is 80.2 cm³/mol. The number of nitrogens with zero attached hydrogens (tertiary/aromatic N) is 2. The lowest BCUT2D eigenvalue weighted by Gasteiger charge is -2.30. The number of aromatic nitrogens is 1. The lowest BCUT2D eigenvalue weighted by molar-refractivity contribution is 0.274. The van der Waals surface area contributed by atoms with E-state index in [0.717, 1.165) is 18.0 Å². The van der Waals surface area contributed by atoms with Crippen LogP contribution in [0.2, 0.25) is 0 Å². The fraction of sp³-hybridized carbons (Fsp3) is 0.357. The van der Waals surface area contributed by atoms with Crippen LogP contribution < -0.4 is 0 Å². The minimum Gasteiger partial charge on any atom is -0.296 e. The molecule has 1 aliphatic rings. The van der Waals surface area contributed by atoms with Crippen LogP contribution in [0.5, 0.6) is 0 Å². The Labute approximate surface area is 116 Å². The molecule has 2 aromatic rings. The first-order chi connectivity index (χ1) is 8.84. The molecule has 1 aromatic carbocycles. The van der Waals surface area contributed by atoms with E-state index in [9.17, 15) is 0 Å². The van der Waals surface area contributed by atoms with Crippen molar-refractivity contribution in [3.05, 3.63) is 40.7 Å². The lowest BCUT2D eigenvalue weighted by Crippen LogP contribution is -2.32. The zero-order valence-corrected chi connectivity index (χ0v) is 12.0. The van der Waals surface area contributed by atoms with E-state index < -0.39 is 0 Å². The molecule has 0 saturated carbocycles. The van der Waals surface area contributed by atoms with Crippen LogP contribution in [0.3, 0.4) is 0 Å². The van der Waals surface area contributed by atoms with E-state index in [0.29, 0.717) is 6.04 Å². The molecule has 1 fully saturated rings. The standard InChI is InChI=1S/C14H16N2S2/c1-16-7-8-17-10-13(16)14-15-12(9-18-14)11-5-3-2-4-6-11/h2-6,9,13H,7-8,10H2,1H3. The molecule has 18 heavy (non-hydrogen) atoms. The second kappa shape index (κ2) is 5.43. The van der Waals surface area contributed by atoms with Gasteiger partial charge in [0.15, 0.2) is 0 Å². The summed E-state index contributed by atoms with van der Waals surface area (Å²) in [5.41, 5.74) is 2.32. The minimum atomic E-state index is 0.492. The maximum atomic E-state index is 4.82. The summed E-state index contributed by atoms with van der Waals surface area (Å²) in [5, 5.41) is 3.43. The van der Waals surface area contributed by atoms with Gasteiger partial charge in [-0.25, -0.2) is 4.98 Å². The van der Waals surface area contributed by atoms with Gasteiger partial charge in [0.1, 0.15) is 5.01 Å². The Morgan fingerprint density at radius 1 is 1.28 bits per heavy atom. The summed E-state index contributed by atoms with van der Waals surface area (Å²) >= 11 is 3.82. The molecular weight excluding hydrogens is 260 g/mol. The highest BCUT2D eigenvalue weighted by Gasteiger charge is 2.23. The van der Waals surface area contributed by atoms with Gasteiger partial charge in [0.05, 0.1) is 11.7 Å². The molecule has 2 nitrogen and oxygen atoms in total. The van der Waals surface area contributed by atoms with Gasteiger partial charge in [-0.3, -0.25) is 4.90 Å². The molecule has 1 aliphatic heterocycles. The predicted octanol–water partition coefficient (Wildman–Crippen LogP) is 3.53. The molecule has 1 saturated heterocycles. The molecular formula is C14H16N2S2. The molecule has 1 unspecified atom stereocenters. The Balaban J connectivity index is 1.85. The highest BCUT2D eigenvalue weighted by atomic mass is 32.2. The van der Waals surface area contributed by atoms with Crippen LogP contribution in [-0.2, 0) is 0 Å². The van der Waals surface area contributed by atoms with Crippen LogP contribution in [0.1, 0.15) is 11.0 Å². The van der Waals surface area contributed by atoms with Crippen LogP contribution in [0.25, 0.3) is 11.3 Å². The van der Waals surface area contributed by atoms with Gasteiger partial charge < -0.3 is 0 Å². The van der Waals surface area contributed by atoms with E-state index >= 15 is 0 Å². The van der Waals surface area contributed by atoms with E-state index in [1.165, 1.54) is 16.3 Å². The van der Waals surface area contributed by atoms with Crippen molar-refractivity contribution in [1.29, 1.82) is 0 Å². The topological polar surface area (TPSA) is 16.1 Å². The van der Waals surface area contributed by atoms with E-state index in [-0.39, 0.29) is 0 Å². The van der Waals surface area contributed by atoms with Crippen molar-refractivity contribution in [2.45, 2.75) is 6.04 Å². The molecule has 0 radical (unpaired) electrons. The van der Waals surface area contributed by atoms with Crippen LogP contribution in [0.4, 0.5) is 0 Å². The second-order valence-electron chi connectivity index (χ2n) is 4.51. The average molecular weight is 276 g/mol. The maximum absolute atomic E-state index is 4.82. The van der Waals surface area contributed by atoms with Crippen molar-refractivity contribution in [3.63, 3.8) is 0 Å². The van der Waals surface area contributed by atoms with Crippen LogP contribution >= 0.6 is 23.1 Å². The summed E-state index contributed by atoms with van der Waals surface area (Å²) in [6.45, 7) is 1.16. The molecule has 0 bridgehead atoms. The summed E-state index contributed by atoms with van der Waals surface area (Å²) in [7, 11) is 2.20. The van der Waals surface area contributed by atoms with Crippen molar-refractivity contribution in [2.75, 3.05) is 25.1 Å². The first kappa shape index (κ1) is 12.2. The first-order valence-corrected chi connectivity index (χ1v) is 8.17. The zero-order chi connectivity index (χ0) is 12.4. The Morgan fingerprint density at radius 3 is 2.89 bits per heavy atom.